The van der Waals surface area contributed by atoms with Crippen molar-refractivity contribution in [3.8, 4) is 0 Å². The summed E-state index contributed by atoms with van der Waals surface area (Å²) in [5.41, 5.74) is 0. The van der Waals surface area contributed by atoms with E-state index in [2.05, 4.69) is 10.6 Å². The lowest BCUT2D eigenvalue weighted by Crippen LogP contribution is -2.35. The SMILES string of the molecule is C1CCC(CCC2CCCN2)NC1. The summed E-state index contributed by atoms with van der Waals surface area (Å²) in [6, 6.07) is 1.67. The van der Waals surface area contributed by atoms with E-state index in [-0.39, 0.29) is 0 Å². The van der Waals surface area contributed by atoms with Gasteiger partial charge in [0, 0.05) is 12.1 Å². The normalized spacial score (nSPS) is 35.1. The van der Waals surface area contributed by atoms with Crippen molar-refractivity contribution in [1.82, 2.24) is 10.6 Å². The molecular weight excluding hydrogens is 160 g/mol. The molecule has 2 heterocycles. The quantitative estimate of drug-likeness (QED) is 0.693. The van der Waals surface area contributed by atoms with Gasteiger partial charge in [0.1, 0.15) is 0 Å². The summed E-state index contributed by atoms with van der Waals surface area (Å²) in [5, 5.41) is 7.18. The molecule has 0 bridgehead atoms. The average molecular weight is 182 g/mol. The second-order valence-electron chi connectivity index (χ2n) is 4.52. The van der Waals surface area contributed by atoms with E-state index in [9.17, 15) is 0 Å². The molecular formula is C11H22N2. The van der Waals surface area contributed by atoms with Crippen LogP contribution in [0.5, 0.6) is 0 Å². The van der Waals surface area contributed by atoms with Crippen LogP contribution in [0.2, 0.25) is 0 Å². The van der Waals surface area contributed by atoms with Crippen LogP contribution in [0.1, 0.15) is 44.9 Å². The highest BCUT2D eigenvalue weighted by molar-refractivity contribution is 4.78. The fraction of sp³-hybridized carbons (Fsp3) is 1.00. The smallest absolute Gasteiger partial charge is 0.00681 e. The molecule has 0 aromatic heterocycles. The molecule has 0 amide bonds. The molecule has 76 valence electrons. The zero-order valence-corrected chi connectivity index (χ0v) is 8.52. The third kappa shape index (κ3) is 2.96. The van der Waals surface area contributed by atoms with Crippen molar-refractivity contribution in [2.45, 2.75) is 57.0 Å². The van der Waals surface area contributed by atoms with Crippen molar-refractivity contribution < 1.29 is 0 Å². The van der Waals surface area contributed by atoms with Crippen molar-refractivity contribution in [3.63, 3.8) is 0 Å². The van der Waals surface area contributed by atoms with E-state index in [1.54, 1.807) is 0 Å². The fourth-order valence-corrected chi connectivity index (χ4v) is 2.58. The molecule has 0 spiro atoms. The molecule has 0 aliphatic carbocycles. The molecule has 0 radical (unpaired) electrons. The lowest BCUT2D eigenvalue weighted by Gasteiger charge is -2.24. The van der Waals surface area contributed by atoms with E-state index in [0.717, 1.165) is 12.1 Å². The van der Waals surface area contributed by atoms with E-state index < -0.39 is 0 Å². The first-order chi connectivity index (χ1) is 6.45. The summed E-state index contributed by atoms with van der Waals surface area (Å²) >= 11 is 0. The van der Waals surface area contributed by atoms with E-state index in [4.69, 9.17) is 0 Å². The van der Waals surface area contributed by atoms with Crippen LogP contribution in [0.3, 0.4) is 0 Å². The molecule has 2 rings (SSSR count). The van der Waals surface area contributed by atoms with Crippen LogP contribution in [0, 0.1) is 0 Å². The van der Waals surface area contributed by atoms with Gasteiger partial charge in [-0.15, -0.1) is 0 Å². The first-order valence-corrected chi connectivity index (χ1v) is 5.92. The average Bonchev–Trinajstić information content (AvgIpc) is 2.69. The molecule has 2 saturated heterocycles. The van der Waals surface area contributed by atoms with Gasteiger partial charge in [-0.25, -0.2) is 0 Å². The van der Waals surface area contributed by atoms with Crippen LogP contribution >= 0.6 is 0 Å². The molecule has 2 unspecified atom stereocenters. The zero-order chi connectivity index (χ0) is 8.93. The van der Waals surface area contributed by atoms with Gasteiger partial charge >= 0.3 is 0 Å². The molecule has 2 fully saturated rings. The minimum absolute atomic E-state index is 0.830. The first-order valence-electron chi connectivity index (χ1n) is 5.92. The standard InChI is InChI=1S/C11H22N2/c1-2-8-12-10(4-1)6-7-11-5-3-9-13-11/h10-13H,1-9H2. The summed E-state index contributed by atoms with van der Waals surface area (Å²) in [6.45, 7) is 2.51. The highest BCUT2D eigenvalue weighted by Gasteiger charge is 2.17. The van der Waals surface area contributed by atoms with Gasteiger partial charge in [0.05, 0.1) is 0 Å². The van der Waals surface area contributed by atoms with Crippen molar-refractivity contribution in [2.24, 2.45) is 0 Å². The summed E-state index contributed by atoms with van der Waals surface area (Å²) in [6.07, 6.45) is 9.81. The van der Waals surface area contributed by atoms with Crippen LogP contribution in [0.25, 0.3) is 0 Å². The lowest BCUT2D eigenvalue weighted by atomic mass is 9.98. The molecule has 0 aromatic rings. The Labute approximate surface area is 81.5 Å². The Bertz CT molecular complexity index is 135. The largest absolute Gasteiger partial charge is 0.314 e. The van der Waals surface area contributed by atoms with Crippen molar-refractivity contribution >= 4 is 0 Å². The van der Waals surface area contributed by atoms with Crippen LogP contribution in [-0.2, 0) is 0 Å². The molecule has 2 nitrogen and oxygen atoms in total. The topological polar surface area (TPSA) is 24.1 Å². The van der Waals surface area contributed by atoms with Crippen LogP contribution in [0.15, 0.2) is 0 Å². The van der Waals surface area contributed by atoms with Gasteiger partial charge in [-0.3, -0.25) is 0 Å². The van der Waals surface area contributed by atoms with Crippen molar-refractivity contribution in [1.29, 1.82) is 0 Å². The van der Waals surface area contributed by atoms with Gasteiger partial charge < -0.3 is 10.6 Å². The summed E-state index contributed by atoms with van der Waals surface area (Å²) < 4.78 is 0. The molecule has 2 N–H and O–H groups in total. The Balaban J connectivity index is 1.60. The summed E-state index contributed by atoms with van der Waals surface area (Å²) in [4.78, 5) is 0. The monoisotopic (exact) mass is 182 g/mol. The van der Waals surface area contributed by atoms with Crippen LogP contribution in [0.4, 0.5) is 0 Å². The number of nitrogens with one attached hydrogen (secondary N) is 2. The van der Waals surface area contributed by atoms with Gasteiger partial charge in [-0.2, -0.15) is 0 Å². The third-order valence-electron chi connectivity index (χ3n) is 3.44. The minimum Gasteiger partial charge on any atom is -0.314 e. The van der Waals surface area contributed by atoms with Gasteiger partial charge in [-0.05, 0) is 51.6 Å². The van der Waals surface area contributed by atoms with Gasteiger partial charge in [0.15, 0.2) is 0 Å². The van der Waals surface area contributed by atoms with Crippen LogP contribution < -0.4 is 10.6 Å². The second kappa shape index (κ2) is 4.97. The number of hydrogen-bond acceptors (Lipinski definition) is 2. The first kappa shape index (κ1) is 9.47. The number of piperidine rings is 1. The highest BCUT2D eigenvalue weighted by atomic mass is 14.9. The number of rotatable bonds is 3. The predicted octanol–water partition coefficient (Wildman–Crippen LogP) is 1.66. The number of hydrogen-bond donors (Lipinski definition) is 2. The van der Waals surface area contributed by atoms with Gasteiger partial charge in [0.25, 0.3) is 0 Å². The maximum atomic E-state index is 3.62. The Hall–Kier alpha value is -0.0800. The highest BCUT2D eigenvalue weighted by Crippen LogP contribution is 2.16. The molecule has 2 atom stereocenters. The minimum atomic E-state index is 0.830. The molecule has 13 heavy (non-hydrogen) atoms. The Morgan fingerprint density at radius 2 is 1.38 bits per heavy atom. The molecule has 0 aromatic carbocycles. The fourth-order valence-electron chi connectivity index (χ4n) is 2.58. The summed E-state index contributed by atoms with van der Waals surface area (Å²) in [7, 11) is 0. The van der Waals surface area contributed by atoms with E-state index >= 15 is 0 Å². The molecule has 2 heteroatoms. The lowest BCUT2D eigenvalue weighted by molar-refractivity contribution is 0.359. The van der Waals surface area contributed by atoms with Gasteiger partial charge in [0.2, 0.25) is 0 Å². The van der Waals surface area contributed by atoms with Crippen molar-refractivity contribution in [2.75, 3.05) is 13.1 Å². The molecule has 0 saturated carbocycles. The maximum absolute atomic E-state index is 3.62. The van der Waals surface area contributed by atoms with Crippen molar-refractivity contribution in [3.05, 3.63) is 0 Å². The molecule has 2 aliphatic heterocycles. The van der Waals surface area contributed by atoms with E-state index in [1.807, 2.05) is 0 Å². The summed E-state index contributed by atoms with van der Waals surface area (Å²) in [5.74, 6) is 0. The maximum Gasteiger partial charge on any atom is 0.00681 e. The Morgan fingerprint density at radius 3 is 1.85 bits per heavy atom. The Morgan fingerprint density at radius 1 is 0.769 bits per heavy atom. The zero-order valence-electron chi connectivity index (χ0n) is 8.52. The van der Waals surface area contributed by atoms with Crippen LogP contribution in [-0.4, -0.2) is 25.2 Å². The predicted molar refractivity (Wildman–Crippen MR) is 55.9 cm³/mol. The van der Waals surface area contributed by atoms with Gasteiger partial charge in [-0.1, -0.05) is 6.42 Å². The van der Waals surface area contributed by atoms with E-state index in [0.29, 0.717) is 0 Å². The molecule has 2 aliphatic rings. The Kier molecular flexibility index (Phi) is 3.62. The third-order valence-corrected chi connectivity index (χ3v) is 3.44. The second-order valence-corrected chi connectivity index (χ2v) is 4.52. The van der Waals surface area contributed by atoms with E-state index in [1.165, 1.54) is 58.0 Å².